The Hall–Kier alpha value is -3.00. The molecule has 1 aliphatic carbocycles. The van der Waals surface area contributed by atoms with Crippen LogP contribution in [0, 0.1) is 11.3 Å². The van der Waals surface area contributed by atoms with E-state index >= 15 is 0 Å². The van der Waals surface area contributed by atoms with Gasteiger partial charge in [0.2, 0.25) is 0 Å². The van der Waals surface area contributed by atoms with Crippen LogP contribution in [0.4, 0.5) is 0 Å². The highest BCUT2D eigenvalue weighted by molar-refractivity contribution is 6.09. The Bertz CT molecular complexity index is 1210. The lowest BCUT2D eigenvalue weighted by atomic mass is 9.70. The molecule has 1 spiro atoms. The van der Waals surface area contributed by atoms with Crippen LogP contribution < -0.4 is 9.47 Å². The van der Waals surface area contributed by atoms with Gasteiger partial charge in [0, 0.05) is 16.5 Å². The molecule has 0 amide bonds. The molecule has 0 saturated heterocycles. The average Bonchev–Trinajstić information content (AvgIpc) is 2.93. The second-order valence-corrected chi connectivity index (χ2v) is 10.1. The Morgan fingerprint density at radius 1 is 0.697 bits per heavy atom. The van der Waals surface area contributed by atoms with Crippen molar-refractivity contribution in [3.8, 4) is 22.6 Å². The first kappa shape index (κ1) is 20.6. The maximum absolute atomic E-state index is 6.73. The standard InChI is InChI=1S/C31H32O2/c1-2-7-22-16-18-31(19-17-22)20-32-27-14-12-23-8-3-5-10-25(23)29(27)30-26-11-6-4-9-24(26)13-15-28(30)33-21-31/h3-6,8-15,22H,2,7,16-21H2,1H3. The number of hydrogen-bond acceptors (Lipinski definition) is 2. The van der Waals surface area contributed by atoms with Crippen molar-refractivity contribution in [2.75, 3.05) is 13.2 Å². The average molecular weight is 437 g/mol. The zero-order chi connectivity index (χ0) is 22.3. The summed E-state index contributed by atoms with van der Waals surface area (Å²) in [7, 11) is 0. The van der Waals surface area contributed by atoms with Crippen molar-refractivity contribution in [1.29, 1.82) is 0 Å². The summed E-state index contributed by atoms with van der Waals surface area (Å²) >= 11 is 0. The lowest BCUT2D eigenvalue weighted by Crippen LogP contribution is -2.38. The molecule has 4 aromatic carbocycles. The van der Waals surface area contributed by atoms with E-state index in [1.807, 2.05) is 0 Å². The third-order valence-electron chi connectivity index (χ3n) is 7.96. The van der Waals surface area contributed by atoms with Crippen molar-refractivity contribution in [2.24, 2.45) is 11.3 Å². The molecule has 4 aromatic rings. The largest absolute Gasteiger partial charge is 0.492 e. The van der Waals surface area contributed by atoms with E-state index in [2.05, 4.69) is 79.7 Å². The minimum atomic E-state index is 0.0837. The third-order valence-corrected chi connectivity index (χ3v) is 7.96. The Labute approximate surface area is 196 Å². The van der Waals surface area contributed by atoms with Crippen LogP contribution in [0.25, 0.3) is 32.7 Å². The Morgan fingerprint density at radius 2 is 1.21 bits per heavy atom. The highest BCUT2D eigenvalue weighted by Gasteiger charge is 2.38. The molecule has 0 radical (unpaired) electrons. The van der Waals surface area contributed by atoms with Gasteiger partial charge in [-0.2, -0.15) is 0 Å². The van der Waals surface area contributed by atoms with Crippen LogP contribution in [0.3, 0.4) is 0 Å². The van der Waals surface area contributed by atoms with Gasteiger partial charge in [-0.1, -0.05) is 80.4 Å². The van der Waals surface area contributed by atoms with Gasteiger partial charge in [-0.25, -0.2) is 0 Å². The molecule has 1 aliphatic heterocycles. The molecule has 1 heterocycles. The number of ether oxygens (including phenoxy) is 2. The normalized spacial score (nSPS) is 18.0. The molecule has 1 saturated carbocycles. The Morgan fingerprint density at radius 3 is 1.73 bits per heavy atom. The first-order chi connectivity index (χ1) is 16.3. The van der Waals surface area contributed by atoms with E-state index in [0.29, 0.717) is 0 Å². The smallest absolute Gasteiger partial charge is 0.127 e. The zero-order valence-electron chi connectivity index (χ0n) is 19.5. The molecule has 0 unspecified atom stereocenters. The van der Waals surface area contributed by atoms with E-state index in [-0.39, 0.29) is 5.41 Å². The Kier molecular flexibility index (Phi) is 5.25. The summed E-state index contributed by atoms with van der Waals surface area (Å²) in [6.45, 7) is 3.76. The van der Waals surface area contributed by atoms with Crippen molar-refractivity contribution in [2.45, 2.75) is 45.4 Å². The second-order valence-electron chi connectivity index (χ2n) is 10.1. The lowest BCUT2D eigenvalue weighted by molar-refractivity contribution is 0.0299. The molecule has 0 bridgehead atoms. The molecule has 0 aromatic heterocycles. The summed E-state index contributed by atoms with van der Waals surface area (Å²) in [4.78, 5) is 0. The summed E-state index contributed by atoms with van der Waals surface area (Å²) in [6.07, 6.45) is 7.57. The quantitative estimate of drug-likeness (QED) is 0.314. The third kappa shape index (κ3) is 3.66. The maximum Gasteiger partial charge on any atom is 0.127 e. The first-order valence-corrected chi connectivity index (χ1v) is 12.6. The monoisotopic (exact) mass is 436 g/mol. The topological polar surface area (TPSA) is 18.5 Å². The highest BCUT2D eigenvalue weighted by atomic mass is 16.5. The maximum atomic E-state index is 6.73. The molecule has 2 heteroatoms. The van der Waals surface area contributed by atoms with Crippen LogP contribution in [0.5, 0.6) is 11.5 Å². The van der Waals surface area contributed by atoms with E-state index in [1.165, 1.54) is 60.1 Å². The van der Waals surface area contributed by atoms with Crippen molar-refractivity contribution >= 4 is 21.5 Å². The predicted octanol–water partition coefficient (Wildman–Crippen LogP) is 8.41. The van der Waals surface area contributed by atoms with Gasteiger partial charge in [0.25, 0.3) is 0 Å². The van der Waals surface area contributed by atoms with Gasteiger partial charge in [-0.3, -0.25) is 0 Å². The van der Waals surface area contributed by atoms with Crippen LogP contribution in [0.1, 0.15) is 45.4 Å². The molecule has 6 rings (SSSR count). The fourth-order valence-corrected chi connectivity index (χ4v) is 6.04. The van der Waals surface area contributed by atoms with Crippen LogP contribution in [0.15, 0.2) is 72.8 Å². The molecular weight excluding hydrogens is 404 g/mol. The van der Waals surface area contributed by atoms with Crippen molar-refractivity contribution in [1.82, 2.24) is 0 Å². The minimum Gasteiger partial charge on any atom is -0.492 e. The zero-order valence-corrected chi connectivity index (χ0v) is 19.5. The SMILES string of the molecule is CCCC1CCC2(CC1)COc1ccc3ccccc3c1-c1c(ccc3ccccc13)OC2. The molecule has 2 aliphatic rings. The molecule has 0 N–H and O–H groups in total. The number of fused-ring (bicyclic) bond motifs is 7. The Balaban J connectivity index is 1.52. The van der Waals surface area contributed by atoms with Crippen LogP contribution in [0.2, 0.25) is 0 Å². The van der Waals surface area contributed by atoms with Gasteiger partial charge in [0.15, 0.2) is 0 Å². The van der Waals surface area contributed by atoms with Crippen molar-refractivity contribution in [3.05, 3.63) is 72.8 Å². The van der Waals surface area contributed by atoms with Gasteiger partial charge < -0.3 is 9.47 Å². The molecule has 1 fully saturated rings. The predicted molar refractivity (Wildman–Crippen MR) is 137 cm³/mol. The molecule has 168 valence electrons. The molecule has 2 nitrogen and oxygen atoms in total. The number of hydrogen-bond donors (Lipinski definition) is 0. The summed E-state index contributed by atoms with van der Waals surface area (Å²) in [5.41, 5.74) is 2.41. The summed E-state index contributed by atoms with van der Waals surface area (Å²) in [6, 6.07) is 26.0. The lowest BCUT2D eigenvalue weighted by Gasteiger charge is -2.39. The fourth-order valence-electron chi connectivity index (χ4n) is 6.04. The van der Waals surface area contributed by atoms with Gasteiger partial charge in [-0.05, 0) is 65.3 Å². The summed E-state index contributed by atoms with van der Waals surface area (Å²) in [5.74, 6) is 2.82. The van der Waals surface area contributed by atoms with Gasteiger partial charge in [0.1, 0.15) is 11.5 Å². The molecular formula is C31H32O2. The van der Waals surface area contributed by atoms with Gasteiger partial charge >= 0.3 is 0 Å². The fraction of sp³-hybridized carbons (Fsp3) is 0.355. The van der Waals surface area contributed by atoms with Gasteiger partial charge in [-0.15, -0.1) is 0 Å². The minimum absolute atomic E-state index is 0.0837. The van der Waals surface area contributed by atoms with E-state index < -0.39 is 0 Å². The van der Waals surface area contributed by atoms with E-state index in [4.69, 9.17) is 9.47 Å². The van der Waals surface area contributed by atoms with E-state index in [1.54, 1.807) is 0 Å². The van der Waals surface area contributed by atoms with Gasteiger partial charge in [0.05, 0.1) is 13.2 Å². The number of benzene rings is 4. The number of rotatable bonds is 2. The van der Waals surface area contributed by atoms with Crippen LogP contribution >= 0.6 is 0 Å². The molecule has 33 heavy (non-hydrogen) atoms. The van der Waals surface area contributed by atoms with E-state index in [0.717, 1.165) is 41.8 Å². The first-order valence-electron chi connectivity index (χ1n) is 12.6. The van der Waals surface area contributed by atoms with Crippen molar-refractivity contribution < 1.29 is 9.47 Å². The van der Waals surface area contributed by atoms with Crippen LogP contribution in [-0.4, -0.2) is 13.2 Å². The summed E-state index contributed by atoms with van der Waals surface area (Å²) < 4.78 is 13.5. The summed E-state index contributed by atoms with van der Waals surface area (Å²) in [5, 5.41) is 4.90. The van der Waals surface area contributed by atoms with E-state index in [9.17, 15) is 0 Å². The van der Waals surface area contributed by atoms with Crippen LogP contribution in [-0.2, 0) is 0 Å². The second kappa shape index (κ2) is 8.41. The van der Waals surface area contributed by atoms with Crippen molar-refractivity contribution in [3.63, 3.8) is 0 Å². The molecule has 0 atom stereocenters. The highest BCUT2D eigenvalue weighted by Crippen LogP contribution is 2.49.